The van der Waals surface area contributed by atoms with Crippen LogP contribution < -0.4 is 14.8 Å². The Bertz CT molecular complexity index is 3300. The molecule has 4 N–H and O–H groups in total. The highest BCUT2D eigenvalue weighted by Crippen LogP contribution is 2.38. The van der Waals surface area contributed by atoms with E-state index in [-0.39, 0.29) is 82.2 Å². The summed E-state index contributed by atoms with van der Waals surface area (Å²) in [5.74, 6) is -0.552. The first-order valence-electron chi connectivity index (χ1n) is 19.3. The van der Waals surface area contributed by atoms with Crippen molar-refractivity contribution in [3.63, 3.8) is 0 Å². The predicted octanol–water partition coefficient (Wildman–Crippen LogP) is 7.48. The molecule has 0 saturated carbocycles. The number of halogens is 4. The molecule has 0 aliphatic heterocycles. The van der Waals surface area contributed by atoms with Crippen LogP contribution in [0.1, 0.15) is 42.5 Å². The molecule has 4 aromatic carbocycles. The minimum absolute atomic E-state index is 0.0128. The summed E-state index contributed by atoms with van der Waals surface area (Å²) in [6.45, 7) is 1.78. The topological polar surface area (TPSA) is 384 Å². The number of nitrogens with zero attached hydrogens (tertiary/aromatic N) is 7. The number of hydrogen-bond donors (Lipinski definition) is 4. The Morgan fingerprint density at radius 1 is 0.592 bits per heavy atom. The summed E-state index contributed by atoms with van der Waals surface area (Å²) in [5.41, 5.74) is 1.73. The maximum absolute atomic E-state index is 11.8. The Hall–Kier alpha value is -5.38. The van der Waals surface area contributed by atoms with Crippen LogP contribution in [0.15, 0.2) is 92.1 Å². The molecule has 0 bridgehead atoms. The summed E-state index contributed by atoms with van der Waals surface area (Å²) < 4.78 is 160. The third-order valence-corrected chi connectivity index (χ3v) is 11.9. The zero-order valence-electron chi connectivity index (χ0n) is 36.0. The third kappa shape index (κ3) is 23.2. The lowest BCUT2D eigenvalue weighted by molar-refractivity contribution is 0.313. The number of rotatable bonds is 21. The van der Waals surface area contributed by atoms with E-state index in [1.54, 1.807) is 36.4 Å². The van der Waals surface area contributed by atoms with Gasteiger partial charge < -0.3 is 14.8 Å². The van der Waals surface area contributed by atoms with Crippen molar-refractivity contribution < 1.29 is 73.6 Å². The summed E-state index contributed by atoms with van der Waals surface area (Å²) in [4.78, 5) is 13.0. The van der Waals surface area contributed by atoms with Crippen molar-refractivity contribution in [2.75, 3.05) is 36.6 Å². The standard InChI is InChI=1S/C37H36Cl4N8O11S3.2O3S/c1-2-11-59-32-20-30(48-46-25-6-4-24(38)5-7-25)28(40)15-22(32)17-35-43-36(45-37(44-35)42-10-14-62(53,54)55)18-23-16-29(41)31(21-33(23)60-12-3-13-61(50,51)52)49-47-26-8-9-27(39)34(19-26)63(56,57)58;2*1-4(2)3/h4-9,15-16,19-21H,2-3,10-14,17-18H2,1H3,(H,50,51,52)(H,53,54,55)(H,56,57,58)(H,42,43,44,45);;. The molecule has 1 aromatic heterocycles. The molecule has 0 spiro atoms. The fraction of sp³-hybridized carbons (Fsp3) is 0.270. The minimum Gasteiger partial charge on any atom is -0.493 e. The van der Waals surface area contributed by atoms with Crippen LogP contribution in [-0.4, -0.2) is 110 Å². The van der Waals surface area contributed by atoms with Crippen LogP contribution in [0.3, 0.4) is 0 Å². The lowest BCUT2D eigenvalue weighted by Gasteiger charge is -2.15. The van der Waals surface area contributed by atoms with E-state index in [4.69, 9.17) is 81.1 Å². The van der Waals surface area contributed by atoms with Gasteiger partial charge in [0.25, 0.3) is 30.4 Å². The lowest BCUT2D eigenvalue weighted by atomic mass is 10.1. The molecule has 0 unspecified atom stereocenters. The summed E-state index contributed by atoms with van der Waals surface area (Å²) in [5, 5.41) is 19.9. The zero-order chi connectivity index (χ0) is 53.1. The zero-order valence-corrected chi connectivity index (χ0v) is 43.1. The summed E-state index contributed by atoms with van der Waals surface area (Å²) in [6, 6.07) is 16.3. The van der Waals surface area contributed by atoms with Crippen LogP contribution in [0.4, 0.5) is 28.7 Å². The highest BCUT2D eigenvalue weighted by molar-refractivity contribution is 7.86. The van der Waals surface area contributed by atoms with Crippen molar-refractivity contribution in [3.05, 3.63) is 110 Å². The van der Waals surface area contributed by atoms with Gasteiger partial charge in [-0.25, -0.2) is 4.98 Å². The number of benzene rings is 4. The molecular weight excluding hydrogens is 1130 g/mol. The van der Waals surface area contributed by atoms with Crippen molar-refractivity contribution in [2.45, 2.75) is 37.5 Å². The van der Waals surface area contributed by atoms with Gasteiger partial charge in [0.15, 0.2) is 0 Å². The molecule has 5 aromatic rings. The van der Waals surface area contributed by atoms with Crippen molar-refractivity contribution >= 4 is 127 Å². The van der Waals surface area contributed by atoms with E-state index in [9.17, 15) is 38.9 Å². The van der Waals surface area contributed by atoms with Gasteiger partial charge in [-0.15, -0.1) is 35.5 Å². The molecule has 0 radical (unpaired) electrons. The SMILES string of the molecule is CCCOc1cc(N=Nc2ccc(Cl)cc2)c(Cl)cc1Cc1nc(Cc2cc(Cl)c(N=Nc3ccc(Cl)c(S(=O)(=O)O)c3)cc2OCCCS(=O)(=O)O)nc(NCCS(=O)(=O)O)n1.O=S(=O)=O.O=S(=O)=O. The fourth-order valence-electron chi connectivity index (χ4n) is 5.32. The number of hydrogen-bond acceptors (Lipinski definition) is 22. The average molecular weight is 1170 g/mol. The Balaban J connectivity index is 0.00000154. The molecule has 34 heteroatoms. The first-order chi connectivity index (χ1) is 33.1. The number of ether oxygens (including phenoxy) is 2. The van der Waals surface area contributed by atoms with E-state index in [0.717, 1.165) is 6.07 Å². The normalized spacial score (nSPS) is 11.6. The van der Waals surface area contributed by atoms with Crippen LogP contribution in [0.25, 0.3) is 0 Å². The van der Waals surface area contributed by atoms with Crippen LogP contribution in [0.5, 0.6) is 11.5 Å². The molecule has 0 saturated heterocycles. The van der Waals surface area contributed by atoms with E-state index in [1.807, 2.05) is 6.92 Å². The van der Waals surface area contributed by atoms with Crippen molar-refractivity contribution in [1.82, 2.24) is 15.0 Å². The van der Waals surface area contributed by atoms with Gasteiger partial charge in [-0.1, -0.05) is 53.3 Å². The summed E-state index contributed by atoms with van der Waals surface area (Å²) >= 11 is 25.2. The number of nitrogens with one attached hydrogen (secondary N) is 1. The van der Waals surface area contributed by atoms with E-state index in [1.165, 1.54) is 24.3 Å². The predicted molar refractivity (Wildman–Crippen MR) is 256 cm³/mol. The number of azo groups is 2. The number of anilines is 1. The van der Waals surface area contributed by atoms with Gasteiger partial charge in [0.05, 0.1) is 51.2 Å². The Labute approximate surface area is 428 Å². The van der Waals surface area contributed by atoms with Crippen LogP contribution >= 0.6 is 46.4 Å². The molecule has 0 aliphatic rings. The molecule has 384 valence electrons. The minimum atomic E-state index is -4.69. The van der Waals surface area contributed by atoms with Gasteiger partial charge in [0, 0.05) is 47.7 Å². The third-order valence-electron chi connectivity index (χ3n) is 8.16. The van der Waals surface area contributed by atoms with Crippen molar-refractivity contribution in [1.29, 1.82) is 0 Å². The van der Waals surface area contributed by atoms with Gasteiger partial charge in [0.1, 0.15) is 39.4 Å². The van der Waals surface area contributed by atoms with Crippen LogP contribution in [0, 0.1) is 0 Å². The monoisotopic (exact) mass is 1160 g/mol. The van der Waals surface area contributed by atoms with E-state index < -0.39 is 68.0 Å². The molecular formula is C37H36Cl4N8O17S5. The summed E-state index contributed by atoms with van der Waals surface area (Å²) in [6.07, 6.45) is 0.441. The first-order valence-corrected chi connectivity index (χ1v) is 27.5. The maximum atomic E-state index is 11.8. The summed E-state index contributed by atoms with van der Waals surface area (Å²) in [7, 11) is -19.6. The van der Waals surface area contributed by atoms with E-state index in [2.05, 4.69) is 40.7 Å². The average Bonchev–Trinajstić information content (AvgIpc) is 3.24. The van der Waals surface area contributed by atoms with Crippen LogP contribution in [0.2, 0.25) is 20.1 Å². The molecule has 0 atom stereocenters. The molecule has 0 amide bonds. The molecule has 1 heterocycles. The second kappa shape index (κ2) is 28.0. The van der Waals surface area contributed by atoms with Gasteiger partial charge in [0.2, 0.25) is 5.95 Å². The van der Waals surface area contributed by atoms with Crippen molar-refractivity contribution in [2.24, 2.45) is 20.5 Å². The molecule has 5 rings (SSSR count). The van der Waals surface area contributed by atoms with E-state index in [0.29, 0.717) is 46.3 Å². The van der Waals surface area contributed by atoms with Crippen LogP contribution in [-0.2, 0) is 64.4 Å². The Morgan fingerprint density at radius 3 is 1.52 bits per heavy atom. The van der Waals surface area contributed by atoms with E-state index >= 15 is 0 Å². The highest BCUT2D eigenvalue weighted by atomic mass is 35.5. The molecule has 25 nitrogen and oxygen atoms in total. The highest BCUT2D eigenvalue weighted by Gasteiger charge is 2.19. The second-order valence-corrected chi connectivity index (χ2v) is 20.6. The smallest absolute Gasteiger partial charge is 0.425 e. The molecule has 71 heavy (non-hydrogen) atoms. The molecule has 0 aliphatic carbocycles. The Kier molecular flexibility index (Phi) is 23.6. The Morgan fingerprint density at radius 2 is 1.06 bits per heavy atom. The first kappa shape index (κ1) is 59.9. The number of aromatic nitrogens is 3. The van der Waals surface area contributed by atoms with Gasteiger partial charge in [-0.05, 0) is 67.4 Å². The van der Waals surface area contributed by atoms with Gasteiger partial charge in [-0.3, -0.25) is 13.7 Å². The quantitative estimate of drug-likeness (QED) is 0.0314. The largest absolute Gasteiger partial charge is 0.493 e. The maximum Gasteiger partial charge on any atom is 0.425 e. The molecule has 0 fully saturated rings. The lowest BCUT2D eigenvalue weighted by Crippen LogP contribution is -2.18. The van der Waals surface area contributed by atoms with Gasteiger partial charge in [-0.2, -0.15) is 45.4 Å². The second-order valence-electron chi connectivity index (χ2n) is 13.6. The van der Waals surface area contributed by atoms with Gasteiger partial charge >= 0.3 is 21.2 Å². The fourth-order valence-corrected chi connectivity index (χ4v) is 7.73. The van der Waals surface area contributed by atoms with Crippen molar-refractivity contribution in [3.8, 4) is 11.5 Å².